The van der Waals surface area contributed by atoms with Crippen molar-refractivity contribution in [2.45, 2.75) is 45.4 Å². The molecule has 1 aromatic rings. The summed E-state index contributed by atoms with van der Waals surface area (Å²) in [7, 11) is 1.57. The van der Waals surface area contributed by atoms with Gasteiger partial charge in [0.1, 0.15) is 0 Å². The highest BCUT2D eigenvalue weighted by Gasteiger charge is 2.10. The van der Waals surface area contributed by atoms with Gasteiger partial charge in [0.25, 0.3) is 0 Å². The smallest absolute Gasteiger partial charge is 0.311 e. The molecule has 0 spiro atoms. The van der Waals surface area contributed by atoms with Crippen LogP contribution in [-0.2, 0) is 11.2 Å². The minimum absolute atomic E-state index is 0.223. The molecule has 0 heterocycles. The Kier molecular flexibility index (Phi) is 8.73. The second-order valence-corrected chi connectivity index (χ2v) is 5.10. The van der Waals surface area contributed by atoms with Gasteiger partial charge in [0.05, 0.1) is 7.11 Å². The van der Waals surface area contributed by atoms with Gasteiger partial charge in [0.2, 0.25) is 0 Å². The molecule has 0 aliphatic heterocycles. The zero-order valence-electron chi connectivity index (χ0n) is 13.6. The Bertz CT molecular complexity index is 503. The van der Waals surface area contributed by atoms with Crippen molar-refractivity contribution >= 4 is 5.97 Å². The van der Waals surface area contributed by atoms with Crippen LogP contribution in [0.4, 0.5) is 0 Å². The van der Waals surface area contributed by atoms with Gasteiger partial charge in [-0.15, -0.1) is 6.58 Å². The van der Waals surface area contributed by atoms with E-state index in [0.29, 0.717) is 17.9 Å². The van der Waals surface area contributed by atoms with Crippen LogP contribution in [0.15, 0.2) is 43.0 Å². The van der Waals surface area contributed by atoms with Crippen molar-refractivity contribution in [1.29, 1.82) is 0 Å². The first-order chi connectivity index (χ1) is 10.7. The Labute approximate surface area is 133 Å². The molecule has 0 saturated heterocycles. The predicted octanol–water partition coefficient (Wildman–Crippen LogP) is 4.86. The quantitative estimate of drug-likeness (QED) is 0.268. The molecule has 0 aromatic heterocycles. The van der Waals surface area contributed by atoms with Gasteiger partial charge < -0.3 is 9.47 Å². The van der Waals surface area contributed by atoms with E-state index < -0.39 is 0 Å². The molecule has 0 saturated carbocycles. The van der Waals surface area contributed by atoms with Crippen LogP contribution in [0, 0.1) is 0 Å². The first-order valence-electron chi connectivity index (χ1n) is 7.84. The largest absolute Gasteiger partial charge is 0.493 e. The van der Waals surface area contributed by atoms with Crippen molar-refractivity contribution in [3.8, 4) is 11.5 Å². The maximum absolute atomic E-state index is 11.9. The maximum atomic E-state index is 11.9. The molecule has 0 radical (unpaired) electrons. The number of carbonyl (C=O) groups is 1. The number of carbonyl (C=O) groups excluding carboxylic acids is 1. The standard InChI is InChI=1S/C19H26O3/c1-4-6-7-8-9-10-12-19(20)22-17-14-13-16(11-5-2)15-18(17)21-3/h5,7-8,13-15H,2,4,6,9-12H2,1,3H3/b8-7-. The fourth-order valence-electron chi connectivity index (χ4n) is 2.03. The second kappa shape index (κ2) is 10.7. The van der Waals surface area contributed by atoms with Crippen LogP contribution in [0.1, 0.15) is 44.6 Å². The summed E-state index contributed by atoms with van der Waals surface area (Å²) in [5.41, 5.74) is 1.08. The van der Waals surface area contributed by atoms with Crippen molar-refractivity contribution in [2.24, 2.45) is 0 Å². The Morgan fingerprint density at radius 2 is 2.00 bits per heavy atom. The van der Waals surface area contributed by atoms with Gasteiger partial charge in [-0.25, -0.2) is 0 Å². The third kappa shape index (κ3) is 6.61. The zero-order chi connectivity index (χ0) is 16.2. The Morgan fingerprint density at radius 1 is 1.23 bits per heavy atom. The van der Waals surface area contributed by atoms with Crippen molar-refractivity contribution in [3.05, 3.63) is 48.6 Å². The molecule has 0 unspecified atom stereocenters. The highest BCUT2D eigenvalue weighted by atomic mass is 16.6. The minimum Gasteiger partial charge on any atom is -0.493 e. The molecule has 1 aromatic carbocycles. The third-order valence-electron chi connectivity index (χ3n) is 3.21. The van der Waals surface area contributed by atoms with Gasteiger partial charge in [-0.2, -0.15) is 0 Å². The van der Waals surface area contributed by atoms with Crippen LogP contribution >= 0.6 is 0 Å². The zero-order valence-corrected chi connectivity index (χ0v) is 13.6. The lowest BCUT2D eigenvalue weighted by Crippen LogP contribution is -2.08. The lowest BCUT2D eigenvalue weighted by atomic mass is 10.1. The van der Waals surface area contributed by atoms with E-state index >= 15 is 0 Å². The average molecular weight is 302 g/mol. The van der Waals surface area contributed by atoms with Gasteiger partial charge in [0, 0.05) is 6.42 Å². The summed E-state index contributed by atoms with van der Waals surface area (Å²) in [6.07, 6.45) is 11.2. The molecule has 0 aliphatic carbocycles. The molecule has 1 rings (SSSR count). The van der Waals surface area contributed by atoms with Crippen LogP contribution in [-0.4, -0.2) is 13.1 Å². The summed E-state index contributed by atoms with van der Waals surface area (Å²) in [5.74, 6) is 0.830. The predicted molar refractivity (Wildman–Crippen MR) is 90.4 cm³/mol. The molecule has 120 valence electrons. The van der Waals surface area contributed by atoms with Crippen molar-refractivity contribution in [3.63, 3.8) is 0 Å². The van der Waals surface area contributed by atoms with Gasteiger partial charge in [-0.3, -0.25) is 4.79 Å². The summed E-state index contributed by atoms with van der Waals surface area (Å²) < 4.78 is 10.7. The van der Waals surface area contributed by atoms with Crippen molar-refractivity contribution in [2.75, 3.05) is 7.11 Å². The average Bonchev–Trinajstić information content (AvgIpc) is 2.52. The monoisotopic (exact) mass is 302 g/mol. The molecular formula is C19H26O3. The Hall–Kier alpha value is -2.03. The van der Waals surface area contributed by atoms with E-state index in [1.807, 2.05) is 18.2 Å². The number of methoxy groups -OCH3 is 1. The van der Waals surface area contributed by atoms with Crippen LogP contribution in [0.5, 0.6) is 11.5 Å². The SMILES string of the molecule is C=CCc1ccc(OC(=O)CCC/C=C\CCC)c(OC)c1. The van der Waals surface area contributed by atoms with Crippen molar-refractivity contribution < 1.29 is 14.3 Å². The summed E-state index contributed by atoms with van der Waals surface area (Å²) >= 11 is 0. The first kappa shape index (κ1) is 18.0. The van der Waals surface area contributed by atoms with Gasteiger partial charge in [-0.1, -0.05) is 37.6 Å². The molecule has 0 bridgehead atoms. The van der Waals surface area contributed by atoms with E-state index in [1.165, 1.54) is 0 Å². The third-order valence-corrected chi connectivity index (χ3v) is 3.21. The lowest BCUT2D eigenvalue weighted by molar-refractivity contribution is -0.134. The number of hydrogen-bond donors (Lipinski definition) is 0. The van der Waals surface area contributed by atoms with Gasteiger partial charge >= 0.3 is 5.97 Å². The van der Waals surface area contributed by atoms with E-state index in [0.717, 1.165) is 37.7 Å². The highest BCUT2D eigenvalue weighted by molar-refractivity contribution is 5.73. The normalized spacial score (nSPS) is 10.6. The molecular weight excluding hydrogens is 276 g/mol. The number of rotatable bonds is 10. The summed E-state index contributed by atoms with van der Waals surface area (Å²) in [4.78, 5) is 11.9. The van der Waals surface area contributed by atoms with Gasteiger partial charge in [-0.05, 0) is 43.4 Å². The highest BCUT2D eigenvalue weighted by Crippen LogP contribution is 2.28. The number of allylic oxidation sites excluding steroid dienone is 3. The summed E-state index contributed by atoms with van der Waals surface area (Å²) in [6.45, 7) is 5.86. The summed E-state index contributed by atoms with van der Waals surface area (Å²) in [6, 6.07) is 5.56. The molecule has 0 amide bonds. The van der Waals surface area contributed by atoms with E-state index in [1.54, 1.807) is 13.2 Å². The fraction of sp³-hybridized carbons (Fsp3) is 0.421. The van der Waals surface area contributed by atoms with Crippen molar-refractivity contribution in [1.82, 2.24) is 0 Å². The molecule has 3 nitrogen and oxygen atoms in total. The summed E-state index contributed by atoms with van der Waals surface area (Å²) in [5, 5.41) is 0. The molecule has 3 heteroatoms. The van der Waals surface area contributed by atoms with E-state index in [4.69, 9.17) is 9.47 Å². The maximum Gasteiger partial charge on any atom is 0.311 e. The lowest BCUT2D eigenvalue weighted by Gasteiger charge is -2.10. The van der Waals surface area contributed by atoms with Crippen LogP contribution in [0.2, 0.25) is 0 Å². The van der Waals surface area contributed by atoms with Crippen LogP contribution < -0.4 is 9.47 Å². The molecule has 22 heavy (non-hydrogen) atoms. The van der Waals surface area contributed by atoms with E-state index in [2.05, 4.69) is 25.7 Å². The molecule has 0 atom stereocenters. The van der Waals surface area contributed by atoms with E-state index in [-0.39, 0.29) is 5.97 Å². The number of benzene rings is 1. The topological polar surface area (TPSA) is 35.5 Å². The van der Waals surface area contributed by atoms with Crippen LogP contribution in [0.3, 0.4) is 0 Å². The Morgan fingerprint density at radius 3 is 2.68 bits per heavy atom. The molecule has 0 aliphatic rings. The first-order valence-corrected chi connectivity index (χ1v) is 7.84. The number of hydrogen-bond acceptors (Lipinski definition) is 3. The number of ether oxygens (including phenoxy) is 2. The van der Waals surface area contributed by atoms with Gasteiger partial charge in [0.15, 0.2) is 11.5 Å². The van der Waals surface area contributed by atoms with Crippen LogP contribution in [0.25, 0.3) is 0 Å². The Balaban J connectivity index is 2.48. The number of unbranched alkanes of at least 4 members (excludes halogenated alkanes) is 2. The minimum atomic E-state index is -0.223. The molecule has 0 N–H and O–H groups in total. The number of esters is 1. The molecule has 0 fully saturated rings. The fourth-order valence-corrected chi connectivity index (χ4v) is 2.03. The second-order valence-electron chi connectivity index (χ2n) is 5.10. The van der Waals surface area contributed by atoms with E-state index in [9.17, 15) is 4.79 Å².